The summed E-state index contributed by atoms with van der Waals surface area (Å²) in [5.41, 5.74) is 7.14. The molecule has 1 aromatic heterocycles. The molecule has 0 fully saturated rings. The van der Waals surface area contributed by atoms with Crippen LogP contribution in [0, 0.1) is 6.92 Å². The Morgan fingerprint density at radius 1 is 1.43 bits per heavy atom. The maximum absolute atomic E-state index is 11.1. The summed E-state index contributed by atoms with van der Waals surface area (Å²) in [6.45, 7) is 3.81. The van der Waals surface area contributed by atoms with Crippen molar-refractivity contribution in [3.63, 3.8) is 0 Å². The van der Waals surface area contributed by atoms with Crippen molar-refractivity contribution in [2.24, 2.45) is 5.73 Å². The van der Waals surface area contributed by atoms with Crippen LogP contribution in [0.1, 0.15) is 5.56 Å². The van der Waals surface area contributed by atoms with Gasteiger partial charge in [-0.25, -0.2) is 4.79 Å². The zero-order chi connectivity index (χ0) is 10.1. The molecule has 2 aromatic rings. The van der Waals surface area contributed by atoms with Crippen LogP contribution in [0.4, 0.5) is 4.79 Å². The average molecular weight is 187 g/mol. The molecule has 0 unspecified atom stereocenters. The maximum Gasteiger partial charge on any atom is 0.323 e. The van der Waals surface area contributed by atoms with E-state index in [0.717, 1.165) is 16.5 Å². The smallest absolute Gasteiger partial charge is 0.323 e. The van der Waals surface area contributed by atoms with Gasteiger partial charge in [0.05, 0.1) is 5.52 Å². The monoisotopic (exact) mass is 187 g/mol. The molecule has 0 atom stereocenters. The molecule has 0 aliphatic heterocycles. The Bertz CT molecular complexity index is 485. The highest BCUT2D eigenvalue weighted by Gasteiger charge is 2.08. The third kappa shape index (κ3) is 1.18. The number of aromatic nitrogens is 1. The van der Waals surface area contributed by atoms with Crippen molar-refractivity contribution in [1.82, 2.24) is 4.57 Å². The topological polar surface area (TPSA) is 48.0 Å². The summed E-state index contributed by atoms with van der Waals surface area (Å²) in [6.07, 6.45) is 2.40. The Morgan fingerprint density at radius 2 is 2.14 bits per heavy atom. The lowest BCUT2D eigenvalue weighted by Gasteiger charge is -1.96. The van der Waals surface area contributed by atoms with Crippen LogP contribution in [0.5, 0.6) is 0 Å². The number of benzene rings is 1. The van der Waals surface area contributed by atoms with Crippen LogP contribution in [0.2, 0.25) is 0 Å². The minimum atomic E-state index is -0.457. The lowest BCUT2D eigenvalue weighted by molar-refractivity contribution is 0.251. The molecule has 3 nitrogen and oxygen atoms in total. The molecule has 0 bridgehead atoms. The third-order valence-corrected chi connectivity index (χ3v) is 2.30. The van der Waals surface area contributed by atoms with E-state index in [-0.39, 0.29) is 0 Å². The van der Waals surface area contributed by atoms with Gasteiger partial charge in [0.2, 0.25) is 0 Å². The molecule has 14 heavy (non-hydrogen) atoms. The van der Waals surface area contributed by atoms with Gasteiger partial charge in [-0.05, 0) is 25.0 Å². The molecule has 1 aromatic carbocycles. The van der Waals surface area contributed by atoms with Gasteiger partial charge in [0.15, 0.2) is 0 Å². The molecule has 71 valence electrons. The van der Waals surface area contributed by atoms with Gasteiger partial charge in [-0.3, -0.25) is 4.57 Å². The number of carbonyl (C=O) groups excluding carboxylic acids is 1. The molecule has 3 heteroatoms. The Labute approximate surface area is 82.1 Å². The number of nitrogens with two attached hydrogens (primary N) is 1. The highest BCUT2D eigenvalue weighted by Crippen LogP contribution is 2.20. The number of carbonyl (C=O) groups is 1. The SMILES string of the molecule is [CH2]Cc1cn(C(N)=O)c2ccccc12. The van der Waals surface area contributed by atoms with Crippen LogP contribution in [-0.2, 0) is 6.42 Å². The number of hydrogen-bond acceptors (Lipinski definition) is 1. The Balaban J connectivity index is 2.80. The molecule has 0 aliphatic rings. The molecular formula is C11H11N2O. The first-order valence-corrected chi connectivity index (χ1v) is 4.42. The first-order valence-electron chi connectivity index (χ1n) is 4.42. The fourth-order valence-corrected chi connectivity index (χ4v) is 1.63. The van der Waals surface area contributed by atoms with Crippen LogP contribution in [0.3, 0.4) is 0 Å². The summed E-state index contributed by atoms with van der Waals surface area (Å²) in [7, 11) is 0. The third-order valence-electron chi connectivity index (χ3n) is 2.30. The van der Waals surface area contributed by atoms with E-state index in [0.29, 0.717) is 6.42 Å². The molecule has 1 radical (unpaired) electrons. The Kier molecular flexibility index (Phi) is 2.00. The molecule has 2 N–H and O–H groups in total. The molecule has 0 spiro atoms. The summed E-state index contributed by atoms with van der Waals surface area (Å²) in [5, 5.41) is 1.04. The fourth-order valence-electron chi connectivity index (χ4n) is 1.63. The molecule has 1 amide bonds. The summed E-state index contributed by atoms with van der Waals surface area (Å²) < 4.78 is 1.45. The summed E-state index contributed by atoms with van der Waals surface area (Å²) in [5.74, 6) is 0. The molecule has 0 aliphatic carbocycles. The number of hydrogen-bond donors (Lipinski definition) is 1. The van der Waals surface area contributed by atoms with E-state index in [1.165, 1.54) is 4.57 Å². The van der Waals surface area contributed by atoms with E-state index >= 15 is 0 Å². The number of para-hydroxylation sites is 1. The Hall–Kier alpha value is -1.77. The zero-order valence-electron chi connectivity index (χ0n) is 7.73. The van der Waals surface area contributed by atoms with Gasteiger partial charge < -0.3 is 5.73 Å². The number of amides is 1. The largest absolute Gasteiger partial charge is 0.351 e. The second kappa shape index (κ2) is 3.18. The van der Waals surface area contributed by atoms with Crippen molar-refractivity contribution in [3.8, 4) is 0 Å². The van der Waals surface area contributed by atoms with E-state index in [1.54, 1.807) is 6.20 Å². The number of rotatable bonds is 1. The molecular weight excluding hydrogens is 176 g/mol. The summed E-state index contributed by atoms with van der Waals surface area (Å²) >= 11 is 0. The van der Waals surface area contributed by atoms with Crippen molar-refractivity contribution in [2.45, 2.75) is 6.42 Å². The van der Waals surface area contributed by atoms with Gasteiger partial charge in [0.1, 0.15) is 0 Å². The van der Waals surface area contributed by atoms with Crippen molar-refractivity contribution in [3.05, 3.63) is 42.9 Å². The summed E-state index contributed by atoms with van der Waals surface area (Å²) in [4.78, 5) is 11.1. The minimum Gasteiger partial charge on any atom is -0.351 e. The lowest BCUT2D eigenvalue weighted by Crippen LogP contribution is -2.18. The van der Waals surface area contributed by atoms with E-state index in [9.17, 15) is 4.79 Å². The molecule has 0 saturated heterocycles. The summed E-state index contributed by atoms with van der Waals surface area (Å²) in [6, 6.07) is 7.21. The maximum atomic E-state index is 11.1. The van der Waals surface area contributed by atoms with Gasteiger partial charge in [-0.2, -0.15) is 0 Å². The van der Waals surface area contributed by atoms with E-state index < -0.39 is 6.03 Å². The zero-order valence-corrected chi connectivity index (χ0v) is 7.73. The normalized spacial score (nSPS) is 10.6. The molecule has 2 rings (SSSR count). The predicted molar refractivity (Wildman–Crippen MR) is 56.0 cm³/mol. The average Bonchev–Trinajstić information content (AvgIpc) is 2.56. The standard InChI is InChI=1S/C11H11N2O/c1-2-8-7-13(11(12)14)10-6-4-3-5-9(8)10/h3-7H,1-2H2,(H2,12,14). The molecule has 0 saturated carbocycles. The van der Waals surface area contributed by atoms with Gasteiger partial charge in [-0.1, -0.05) is 18.2 Å². The number of nitrogens with zero attached hydrogens (tertiary/aromatic N) is 1. The first-order chi connectivity index (χ1) is 6.74. The quantitative estimate of drug-likeness (QED) is 0.728. The minimum absolute atomic E-state index is 0.457. The number of fused-ring (bicyclic) bond motifs is 1. The van der Waals surface area contributed by atoms with E-state index in [1.807, 2.05) is 24.3 Å². The predicted octanol–water partition coefficient (Wildman–Crippen LogP) is 1.94. The highest BCUT2D eigenvalue weighted by atomic mass is 16.2. The van der Waals surface area contributed by atoms with E-state index in [2.05, 4.69) is 6.92 Å². The van der Waals surface area contributed by atoms with Gasteiger partial charge in [-0.15, -0.1) is 0 Å². The van der Waals surface area contributed by atoms with Crippen molar-refractivity contribution >= 4 is 16.9 Å². The fraction of sp³-hybridized carbons (Fsp3) is 0.0909. The van der Waals surface area contributed by atoms with Crippen molar-refractivity contribution in [2.75, 3.05) is 0 Å². The van der Waals surface area contributed by atoms with Crippen molar-refractivity contribution < 1.29 is 4.79 Å². The molecule has 1 heterocycles. The van der Waals surface area contributed by atoms with Crippen molar-refractivity contribution in [1.29, 1.82) is 0 Å². The highest BCUT2D eigenvalue weighted by molar-refractivity contribution is 5.93. The lowest BCUT2D eigenvalue weighted by atomic mass is 10.1. The van der Waals surface area contributed by atoms with Gasteiger partial charge in [0.25, 0.3) is 0 Å². The van der Waals surface area contributed by atoms with E-state index in [4.69, 9.17) is 5.73 Å². The number of primary amides is 1. The van der Waals surface area contributed by atoms with Crippen LogP contribution in [0.25, 0.3) is 10.9 Å². The van der Waals surface area contributed by atoms with Gasteiger partial charge in [0, 0.05) is 11.6 Å². The van der Waals surface area contributed by atoms with Gasteiger partial charge >= 0.3 is 6.03 Å². The van der Waals surface area contributed by atoms with Crippen LogP contribution in [0.15, 0.2) is 30.5 Å². The second-order valence-corrected chi connectivity index (χ2v) is 3.13. The van der Waals surface area contributed by atoms with Crippen LogP contribution >= 0.6 is 0 Å². The second-order valence-electron chi connectivity index (χ2n) is 3.13. The first kappa shape index (κ1) is 8.81. The van der Waals surface area contributed by atoms with Crippen LogP contribution in [-0.4, -0.2) is 10.6 Å². The van der Waals surface area contributed by atoms with Crippen LogP contribution < -0.4 is 5.73 Å². The Morgan fingerprint density at radius 3 is 2.79 bits per heavy atom.